The molecule has 6 heteroatoms. The third-order valence-electron chi connectivity index (χ3n) is 7.46. The molecule has 0 atom stereocenters. The molecule has 0 spiro atoms. The number of amides is 1. The van der Waals surface area contributed by atoms with Crippen molar-refractivity contribution >= 4 is 16.7 Å². The Bertz CT molecular complexity index is 1600. The largest absolute Gasteiger partial charge is 0.339 e. The lowest BCUT2D eigenvalue weighted by Crippen LogP contribution is -2.51. The average molecular weight is 515 g/mol. The Morgan fingerprint density at radius 2 is 1.31 bits per heavy atom. The fourth-order valence-electron chi connectivity index (χ4n) is 5.41. The van der Waals surface area contributed by atoms with Gasteiger partial charge in [-0.05, 0) is 34.0 Å². The minimum atomic E-state index is -0.278. The van der Waals surface area contributed by atoms with Crippen molar-refractivity contribution in [2.24, 2.45) is 0 Å². The highest BCUT2D eigenvalue weighted by atomic mass is 16.2. The number of hydrogen-bond acceptors (Lipinski definition) is 4. The molecule has 0 unspecified atom stereocenters. The number of benzene rings is 4. The fourth-order valence-corrected chi connectivity index (χ4v) is 5.41. The molecule has 39 heavy (non-hydrogen) atoms. The zero-order chi connectivity index (χ0) is 26.6. The van der Waals surface area contributed by atoms with Gasteiger partial charge >= 0.3 is 0 Å². The molecule has 1 saturated heterocycles. The van der Waals surface area contributed by atoms with E-state index in [1.54, 1.807) is 6.07 Å². The van der Waals surface area contributed by atoms with E-state index in [2.05, 4.69) is 76.7 Å². The maximum absolute atomic E-state index is 13.3. The lowest BCUT2D eigenvalue weighted by molar-refractivity contribution is -0.134. The van der Waals surface area contributed by atoms with Gasteiger partial charge in [0.15, 0.2) is 0 Å². The molecule has 0 saturated carbocycles. The summed E-state index contributed by atoms with van der Waals surface area (Å²) in [5, 5.41) is 6.80. The number of rotatable bonds is 6. The molecule has 0 aliphatic carbocycles. The second kappa shape index (κ2) is 11.1. The van der Waals surface area contributed by atoms with Gasteiger partial charge < -0.3 is 4.90 Å². The van der Waals surface area contributed by atoms with Crippen LogP contribution in [-0.2, 0) is 11.3 Å². The van der Waals surface area contributed by atoms with Gasteiger partial charge in [-0.25, -0.2) is 4.68 Å². The molecule has 6 nitrogen and oxygen atoms in total. The van der Waals surface area contributed by atoms with Crippen LogP contribution in [0.4, 0.5) is 0 Å². The summed E-state index contributed by atoms with van der Waals surface area (Å²) in [5.74, 6) is -0.0871. The predicted octanol–water partition coefficient (Wildman–Crippen LogP) is 5.00. The number of carbonyl (C=O) groups is 1. The van der Waals surface area contributed by atoms with Gasteiger partial charge in [-0.1, -0.05) is 97.1 Å². The van der Waals surface area contributed by atoms with Gasteiger partial charge in [0.2, 0.25) is 5.91 Å². The number of fused-ring (bicyclic) bond motifs is 1. The van der Waals surface area contributed by atoms with Crippen molar-refractivity contribution in [1.29, 1.82) is 0 Å². The van der Waals surface area contributed by atoms with Crippen molar-refractivity contribution in [1.82, 2.24) is 19.6 Å². The molecule has 1 amide bonds. The molecular weight excluding hydrogens is 484 g/mol. The van der Waals surface area contributed by atoms with Gasteiger partial charge in [-0.3, -0.25) is 14.5 Å². The van der Waals surface area contributed by atoms with Crippen molar-refractivity contribution in [2.45, 2.75) is 12.6 Å². The van der Waals surface area contributed by atoms with Crippen LogP contribution >= 0.6 is 0 Å². The lowest BCUT2D eigenvalue weighted by atomic mass is 9.96. The highest BCUT2D eigenvalue weighted by Gasteiger charge is 2.28. The van der Waals surface area contributed by atoms with Crippen LogP contribution in [-0.4, -0.2) is 51.7 Å². The van der Waals surface area contributed by atoms with Crippen molar-refractivity contribution in [3.05, 3.63) is 137 Å². The van der Waals surface area contributed by atoms with Crippen molar-refractivity contribution in [2.75, 3.05) is 26.2 Å². The van der Waals surface area contributed by atoms with E-state index in [1.807, 2.05) is 41.3 Å². The molecule has 5 aromatic rings. The fraction of sp³-hybridized carbons (Fsp3) is 0.182. The van der Waals surface area contributed by atoms with Gasteiger partial charge in [0.1, 0.15) is 6.54 Å². The van der Waals surface area contributed by atoms with Crippen LogP contribution in [0.5, 0.6) is 0 Å². The quantitative estimate of drug-likeness (QED) is 0.320. The summed E-state index contributed by atoms with van der Waals surface area (Å²) in [6.07, 6.45) is 0. The van der Waals surface area contributed by atoms with E-state index >= 15 is 0 Å². The van der Waals surface area contributed by atoms with Gasteiger partial charge in [-0.2, -0.15) is 5.10 Å². The molecule has 194 valence electrons. The van der Waals surface area contributed by atoms with E-state index in [9.17, 15) is 9.59 Å². The summed E-state index contributed by atoms with van der Waals surface area (Å²) in [6, 6.07) is 38.6. The second-order valence-electron chi connectivity index (χ2n) is 9.92. The predicted molar refractivity (Wildman–Crippen MR) is 154 cm³/mol. The van der Waals surface area contributed by atoms with Gasteiger partial charge in [0.05, 0.1) is 11.7 Å². The summed E-state index contributed by atoms with van der Waals surface area (Å²) in [7, 11) is 0. The number of aromatic nitrogens is 2. The summed E-state index contributed by atoms with van der Waals surface area (Å²) in [6.45, 7) is 2.64. The molecule has 4 aromatic carbocycles. The SMILES string of the molecule is O=C(Cn1nc(-c2ccc3ccccc3c2)ccc1=O)N1CCN(C(c2ccccc2)c2ccccc2)CC1. The van der Waals surface area contributed by atoms with E-state index in [0.717, 1.165) is 29.4 Å². The third-order valence-corrected chi connectivity index (χ3v) is 7.46. The molecule has 0 radical (unpaired) electrons. The summed E-state index contributed by atoms with van der Waals surface area (Å²) >= 11 is 0. The molecule has 2 heterocycles. The molecule has 6 rings (SSSR count). The second-order valence-corrected chi connectivity index (χ2v) is 9.92. The van der Waals surface area contributed by atoms with Crippen molar-refractivity contribution in [3.8, 4) is 11.3 Å². The first-order valence-electron chi connectivity index (χ1n) is 13.3. The zero-order valence-electron chi connectivity index (χ0n) is 21.7. The Balaban J connectivity index is 1.16. The number of piperazine rings is 1. The Morgan fingerprint density at radius 1 is 0.692 bits per heavy atom. The lowest BCUT2D eigenvalue weighted by Gasteiger charge is -2.39. The molecule has 1 aliphatic heterocycles. The van der Waals surface area contributed by atoms with Crippen molar-refractivity contribution in [3.63, 3.8) is 0 Å². The number of nitrogens with zero attached hydrogens (tertiary/aromatic N) is 4. The number of hydrogen-bond donors (Lipinski definition) is 0. The van der Waals surface area contributed by atoms with E-state index < -0.39 is 0 Å². The summed E-state index contributed by atoms with van der Waals surface area (Å²) < 4.78 is 1.29. The van der Waals surface area contributed by atoms with Crippen LogP contribution in [0.3, 0.4) is 0 Å². The minimum absolute atomic E-state index is 0.0684. The Hall–Kier alpha value is -4.55. The Labute approximate surface area is 227 Å². The number of carbonyl (C=O) groups excluding carboxylic acids is 1. The molecule has 0 bridgehead atoms. The first-order chi connectivity index (χ1) is 19.2. The summed E-state index contributed by atoms with van der Waals surface area (Å²) in [5.41, 5.74) is 3.79. The van der Waals surface area contributed by atoms with Crippen LogP contribution in [0, 0.1) is 0 Å². The highest BCUT2D eigenvalue weighted by molar-refractivity contribution is 5.86. The molecule has 1 aromatic heterocycles. The van der Waals surface area contributed by atoms with Crippen LogP contribution in [0.2, 0.25) is 0 Å². The van der Waals surface area contributed by atoms with E-state index in [0.29, 0.717) is 18.8 Å². The van der Waals surface area contributed by atoms with Crippen LogP contribution < -0.4 is 5.56 Å². The van der Waals surface area contributed by atoms with Gasteiger partial charge in [0.25, 0.3) is 5.56 Å². The van der Waals surface area contributed by atoms with Crippen LogP contribution in [0.25, 0.3) is 22.0 Å². The molecule has 1 aliphatic rings. The van der Waals surface area contributed by atoms with E-state index in [4.69, 9.17) is 0 Å². The zero-order valence-corrected chi connectivity index (χ0v) is 21.7. The maximum atomic E-state index is 13.3. The van der Waals surface area contributed by atoms with Gasteiger partial charge in [0, 0.05) is 37.8 Å². The normalized spacial score (nSPS) is 14.1. The Morgan fingerprint density at radius 3 is 1.97 bits per heavy atom. The minimum Gasteiger partial charge on any atom is -0.339 e. The molecule has 0 N–H and O–H groups in total. The van der Waals surface area contributed by atoms with Crippen LogP contribution in [0.15, 0.2) is 120 Å². The first-order valence-corrected chi connectivity index (χ1v) is 13.3. The third kappa shape index (κ3) is 5.38. The van der Waals surface area contributed by atoms with Gasteiger partial charge in [-0.15, -0.1) is 0 Å². The van der Waals surface area contributed by atoms with Crippen molar-refractivity contribution < 1.29 is 4.79 Å². The maximum Gasteiger partial charge on any atom is 0.267 e. The molecule has 1 fully saturated rings. The average Bonchev–Trinajstić information content (AvgIpc) is 2.99. The van der Waals surface area contributed by atoms with E-state index in [-0.39, 0.29) is 24.1 Å². The van der Waals surface area contributed by atoms with Crippen LogP contribution in [0.1, 0.15) is 17.2 Å². The molecular formula is C33H30N4O2. The smallest absolute Gasteiger partial charge is 0.267 e. The monoisotopic (exact) mass is 514 g/mol. The standard InChI is InChI=1S/C33H30N4O2/c38-31-18-17-30(29-16-15-25-9-7-8-14-28(25)23-29)34-37(31)24-32(39)35-19-21-36(22-20-35)33(26-10-3-1-4-11-26)27-12-5-2-6-13-27/h1-18,23,33H,19-22,24H2. The first kappa shape index (κ1) is 24.8. The highest BCUT2D eigenvalue weighted by Crippen LogP contribution is 2.29. The Kier molecular flexibility index (Phi) is 7.02. The summed E-state index contributed by atoms with van der Waals surface area (Å²) in [4.78, 5) is 30.2. The topological polar surface area (TPSA) is 58.4 Å². The van der Waals surface area contributed by atoms with E-state index in [1.165, 1.54) is 21.9 Å².